The number of phenolic OH excluding ortho intramolecular Hbond substituents is 2. The fourth-order valence-electron chi connectivity index (χ4n) is 3.22. The number of sulfone groups is 1. The van der Waals surface area contributed by atoms with E-state index in [2.05, 4.69) is 15.6 Å². The van der Waals surface area contributed by atoms with Crippen LogP contribution in [0.2, 0.25) is 5.02 Å². The molecule has 0 spiro atoms. The zero-order valence-electron chi connectivity index (χ0n) is 18.2. The van der Waals surface area contributed by atoms with Gasteiger partial charge in [-0.1, -0.05) is 30.2 Å². The van der Waals surface area contributed by atoms with Crippen LogP contribution in [0.5, 0.6) is 11.5 Å². The van der Waals surface area contributed by atoms with E-state index in [-0.39, 0.29) is 39.0 Å². The maximum Gasteiger partial charge on any atom is 0.259 e. The van der Waals surface area contributed by atoms with Gasteiger partial charge in [-0.2, -0.15) is 0 Å². The van der Waals surface area contributed by atoms with Crippen LogP contribution in [-0.2, 0) is 14.6 Å². The highest BCUT2D eigenvalue weighted by Crippen LogP contribution is 2.35. The highest BCUT2D eigenvalue weighted by Gasteiger charge is 2.33. The number of hydrogen-bond donors (Lipinski definition) is 4. The monoisotopic (exact) mass is 503 g/mol. The topological polar surface area (TPSA) is 146 Å². The van der Waals surface area contributed by atoms with E-state index in [1.807, 2.05) is 0 Å². The summed E-state index contributed by atoms with van der Waals surface area (Å²) in [6.45, 7) is 3.30. The van der Waals surface area contributed by atoms with Gasteiger partial charge in [0.15, 0.2) is 9.84 Å². The molecule has 0 bridgehead atoms. The Morgan fingerprint density at radius 3 is 2.44 bits per heavy atom. The molecule has 0 aliphatic rings. The molecule has 3 aromatic rings. The van der Waals surface area contributed by atoms with Gasteiger partial charge in [0.1, 0.15) is 16.7 Å². The third-order valence-electron chi connectivity index (χ3n) is 4.99. The van der Waals surface area contributed by atoms with E-state index in [0.717, 1.165) is 17.8 Å². The van der Waals surface area contributed by atoms with Gasteiger partial charge in [-0.25, -0.2) is 8.42 Å². The van der Waals surface area contributed by atoms with E-state index in [4.69, 9.17) is 11.6 Å². The second-order valence-corrected chi connectivity index (χ2v) is 9.98. The first-order chi connectivity index (χ1) is 16.0. The smallest absolute Gasteiger partial charge is 0.259 e. The van der Waals surface area contributed by atoms with Gasteiger partial charge >= 0.3 is 0 Å². The summed E-state index contributed by atoms with van der Waals surface area (Å²) in [4.78, 5) is 29.0. The number of hydrogen-bond acceptors (Lipinski definition) is 7. The number of amides is 2. The van der Waals surface area contributed by atoms with Crippen LogP contribution in [-0.4, -0.2) is 40.7 Å². The van der Waals surface area contributed by atoms with Gasteiger partial charge in [0, 0.05) is 18.5 Å². The normalized spacial score (nSPS) is 12.1. The Morgan fingerprint density at radius 1 is 1.06 bits per heavy atom. The first kappa shape index (κ1) is 25.0. The van der Waals surface area contributed by atoms with Gasteiger partial charge in [-0.15, -0.1) is 0 Å². The molecule has 1 unspecified atom stereocenters. The summed E-state index contributed by atoms with van der Waals surface area (Å²) < 4.78 is 25.7. The summed E-state index contributed by atoms with van der Waals surface area (Å²) in [5.41, 5.74) is 0.638. The largest absolute Gasteiger partial charge is 0.507 e. The fraction of sp³-hybridized carbons (Fsp3) is 0.174. The van der Waals surface area contributed by atoms with Crippen molar-refractivity contribution >= 4 is 44.6 Å². The number of anilines is 2. The number of rotatable bonds is 7. The van der Waals surface area contributed by atoms with Crippen molar-refractivity contribution in [1.82, 2.24) is 4.98 Å². The van der Waals surface area contributed by atoms with Crippen molar-refractivity contribution in [2.24, 2.45) is 0 Å². The van der Waals surface area contributed by atoms with Gasteiger partial charge in [-0.3, -0.25) is 14.6 Å². The zero-order valence-corrected chi connectivity index (χ0v) is 19.8. The van der Waals surface area contributed by atoms with Crippen molar-refractivity contribution in [3.05, 3.63) is 71.0 Å². The first-order valence-corrected chi connectivity index (χ1v) is 12.0. The summed E-state index contributed by atoms with van der Waals surface area (Å²) in [5, 5.41) is 23.7. The van der Waals surface area contributed by atoms with Crippen LogP contribution >= 0.6 is 11.6 Å². The fourth-order valence-corrected chi connectivity index (χ4v) is 5.01. The molecule has 0 aliphatic heterocycles. The maximum atomic E-state index is 12.9. The molecule has 0 radical (unpaired) electrons. The van der Waals surface area contributed by atoms with Crippen LogP contribution < -0.4 is 10.6 Å². The molecule has 11 heteroatoms. The van der Waals surface area contributed by atoms with Crippen LogP contribution in [0.25, 0.3) is 0 Å². The third-order valence-corrected chi connectivity index (χ3v) is 7.50. The van der Waals surface area contributed by atoms with Gasteiger partial charge in [0.25, 0.3) is 5.91 Å². The molecule has 0 fully saturated rings. The summed E-state index contributed by atoms with van der Waals surface area (Å²) >= 11 is 6.22. The highest BCUT2D eigenvalue weighted by atomic mass is 35.5. The molecule has 34 heavy (non-hydrogen) atoms. The quantitative estimate of drug-likeness (QED) is 0.357. The lowest BCUT2D eigenvalue weighted by Crippen LogP contribution is -2.34. The van der Waals surface area contributed by atoms with Crippen LogP contribution in [0.15, 0.2) is 59.8 Å². The number of benzene rings is 2. The predicted octanol–water partition coefficient (Wildman–Crippen LogP) is 3.90. The van der Waals surface area contributed by atoms with Crippen LogP contribution in [0.1, 0.15) is 29.3 Å². The molecule has 1 aromatic heterocycles. The van der Waals surface area contributed by atoms with Crippen molar-refractivity contribution in [2.75, 3.05) is 10.6 Å². The van der Waals surface area contributed by atoms with Crippen molar-refractivity contribution in [2.45, 2.75) is 30.4 Å². The number of phenols is 2. The molecule has 3 rings (SSSR count). The van der Waals surface area contributed by atoms with E-state index in [0.29, 0.717) is 0 Å². The molecule has 1 heterocycles. The Balaban J connectivity index is 1.82. The van der Waals surface area contributed by atoms with E-state index < -0.39 is 32.7 Å². The molecule has 0 saturated carbocycles. The second-order valence-electron chi connectivity index (χ2n) is 7.44. The SMILES string of the molecule is CCC(C(=O)Nc1cc(O)c(NC(=O)c2cc(C)ccc2O)cc1Cl)S(=O)(=O)c1cccnc1. The Morgan fingerprint density at radius 2 is 1.79 bits per heavy atom. The third kappa shape index (κ3) is 5.29. The van der Waals surface area contributed by atoms with Crippen molar-refractivity contribution in [1.29, 1.82) is 0 Å². The summed E-state index contributed by atoms with van der Waals surface area (Å²) in [7, 11) is -4.02. The number of nitrogens with one attached hydrogen (secondary N) is 2. The lowest BCUT2D eigenvalue weighted by Gasteiger charge is -2.17. The predicted molar refractivity (Wildman–Crippen MR) is 128 cm³/mol. The van der Waals surface area contributed by atoms with Gasteiger partial charge < -0.3 is 20.8 Å². The van der Waals surface area contributed by atoms with Crippen molar-refractivity contribution < 1.29 is 28.2 Å². The molecule has 2 amide bonds. The lowest BCUT2D eigenvalue weighted by molar-refractivity contribution is -0.115. The summed E-state index contributed by atoms with van der Waals surface area (Å²) in [6, 6.07) is 9.58. The lowest BCUT2D eigenvalue weighted by atomic mass is 10.1. The minimum Gasteiger partial charge on any atom is -0.507 e. The number of nitrogens with zero attached hydrogens (tertiary/aromatic N) is 1. The first-order valence-electron chi connectivity index (χ1n) is 10.1. The Labute approximate surface area is 201 Å². The second kappa shape index (κ2) is 10.1. The van der Waals surface area contributed by atoms with Crippen LogP contribution in [0, 0.1) is 6.92 Å². The zero-order chi connectivity index (χ0) is 25.0. The summed E-state index contributed by atoms with van der Waals surface area (Å²) in [6.07, 6.45) is 2.57. The van der Waals surface area contributed by atoms with Gasteiger partial charge in [0.05, 0.1) is 26.9 Å². The van der Waals surface area contributed by atoms with Gasteiger partial charge in [-0.05, 0) is 43.7 Å². The average Bonchev–Trinajstić information content (AvgIpc) is 2.79. The minimum atomic E-state index is -4.02. The molecule has 2 aromatic carbocycles. The average molecular weight is 504 g/mol. The molecule has 178 valence electrons. The van der Waals surface area contributed by atoms with E-state index in [9.17, 15) is 28.2 Å². The number of aromatic nitrogens is 1. The highest BCUT2D eigenvalue weighted by molar-refractivity contribution is 7.92. The molecular weight excluding hydrogens is 482 g/mol. The Kier molecular flexibility index (Phi) is 7.43. The number of halogens is 1. The standard InChI is InChI=1S/C23H22ClN3O6S/c1-3-21(34(32,33)14-5-4-8-25-12-14)23(31)26-17-11-20(29)18(10-16(17)24)27-22(30)15-9-13(2)6-7-19(15)28/h4-12,21,28-29H,3H2,1-2H3,(H,26,31)(H,27,30). The van der Waals surface area contributed by atoms with E-state index in [1.54, 1.807) is 19.9 Å². The molecule has 4 N–H and O–H groups in total. The Hall–Kier alpha value is -3.63. The number of carbonyl (C=O) groups is 2. The number of aryl methyl sites for hydroxylation is 1. The number of pyridine rings is 1. The van der Waals surface area contributed by atoms with E-state index >= 15 is 0 Å². The number of aromatic hydroxyl groups is 2. The minimum absolute atomic E-state index is 0.000650. The van der Waals surface area contributed by atoms with E-state index in [1.165, 1.54) is 36.5 Å². The van der Waals surface area contributed by atoms with Crippen LogP contribution in [0.3, 0.4) is 0 Å². The molecule has 0 saturated heterocycles. The van der Waals surface area contributed by atoms with Crippen LogP contribution in [0.4, 0.5) is 11.4 Å². The molecule has 0 aliphatic carbocycles. The van der Waals surface area contributed by atoms with Crippen molar-refractivity contribution in [3.63, 3.8) is 0 Å². The Bertz CT molecular complexity index is 1350. The molecule has 1 atom stereocenters. The maximum absolute atomic E-state index is 12.9. The molecule has 9 nitrogen and oxygen atoms in total. The van der Waals surface area contributed by atoms with Crippen molar-refractivity contribution in [3.8, 4) is 11.5 Å². The molecular formula is C23H22ClN3O6S. The summed E-state index contributed by atoms with van der Waals surface area (Å²) in [5.74, 6) is -2.19. The van der Waals surface area contributed by atoms with Gasteiger partial charge in [0.2, 0.25) is 5.91 Å². The number of carbonyl (C=O) groups excluding carboxylic acids is 2.